The molecular weight excluding hydrogens is 240 g/mol. The maximum Gasteiger partial charge on any atom is 0.111 e. The van der Waals surface area contributed by atoms with Crippen LogP contribution in [-0.4, -0.2) is 34.2 Å². The van der Waals surface area contributed by atoms with E-state index >= 15 is 0 Å². The van der Waals surface area contributed by atoms with Crippen molar-refractivity contribution in [3.8, 4) is 0 Å². The summed E-state index contributed by atoms with van der Waals surface area (Å²) in [5, 5.41) is 3.35. The summed E-state index contributed by atoms with van der Waals surface area (Å²) in [6.45, 7) is 4.62. The van der Waals surface area contributed by atoms with Crippen LogP contribution in [0.4, 0.5) is 0 Å². The van der Waals surface area contributed by atoms with Crippen LogP contribution in [0.15, 0.2) is 36.9 Å². The number of aromatic nitrogens is 3. The van der Waals surface area contributed by atoms with Gasteiger partial charge in [-0.3, -0.25) is 4.98 Å². The van der Waals surface area contributed by atoms with Gasteiger partial charge in [0.05, 0.1) is 36.6 Å². The van der Waals surface area contributed by atoms with Crippen molar-refractivity contribution in [1.82, 2.24) is 19.9 Å². The molecule has 2 aromatic rings. The van der Waals surface area contributed by atoms with Gasteiger partial charge in [-0.2, -0.15) is 0 Å². The molecule has 0 spiro atoms. The summed E-state index contributed by atoms with van der Waals surface area (Å²) in [6.07, 6.45) is 5.63. The van der Waals surface area contributed by atoms with Gasteiger partial charge in [0.25, 0.3) is 0 Å². The van der Waals surface area contributed by atoms with Crippen molar-refractivity contribution in [2.45, 2.75) is 19.1 Å². The highest BCUT2D eigenvalue weighted by molar-refractivity contribution is 5.14. The Hall–Kier alpha value is -1.72. The number of morpholine rings is 1. The number of ether oxygens (including phenoxy) is 1. The summed E-state index contributed by atoms with van der Waals surface area (Å²) in [6, 6.07) is 6.13. The molecule has 1 aliphatic heterocycles. The van der Waals surface area contributed by atoms with Gasteiger partial charge in [0.15, 0.2) is 0 Å². The Morgan fingerprint density at radius 1 is 1.47 bits per heavy atom. The molecule has 0 aromatic carbocycles. The van der Waals surface area contributed by atoms with E-state index in [1.165, 1.54) is 0 Å². The first-order valence-corrected chi connectivity index (χ1v) is 6.61. The Morgan fingerprint density at radius 2 is 2.42 bits per heavy atom. The minimum atomic E-state index is 0.0717. The van der Waals surface area contributed by atoms with Crippen molar-refractivity contribution >= 4 is 0 Å². The second-order valence-corrected chi connectivity index (χ2v) is 4.72. The minimum Gasteiger partial charge on any atom is -0.369 e. The maximum absolute atomic E-state index is 5.81. The summed E-state index contributed by atoms with van der Waals surface area (Å²) >= 11 is 0. The van der Waals surface area contributed by atoms with E-state index in [1.807, 2.05) is 36.9 Å². The number of rotatable bonds is 3. The highest BCUT2D eigenvalue weighted by Crippen LogP contribution is 2.24. The lowest BCUT2D eigenvalue weighted by atomic mass is 10.1. The number of hydrogen-bond donors (Lipinski definition) is 1. The maximum atomic E-state index is 5.81. The number of pyridine rings is 1. The molecule has 2 unspecified atom stereocenters. The minimum absolute atomic E-state index is 0.0717. The first-order chi connectivity index (χ1) is 9.36. The van der Waals surface area contributed by atoms with Gasteiger partial charge < -0.3 is 14.6 Å². The van der Waals surface area contributed by atoms with Gasteiger partial charge in [-0.15, -0.1) is 0 Å². The van der Waals surface area contributed by atoms with Gasteiger partial charge in [0.1, 0.15) is 6.10 Å². The molecule has 3 rings (SSSR count). The quantitative estimate of drug-likeness (QED) is 0.907. The molecule has 0 bridgehead atoms. The molecule has 5 nitrogen and oxygen atoms in total. The summed E-state index contributed by atoms with van der Waals surface area (Å²) in [5.74, 6) is 0. The zero-order valence-corrected chi connectivity index (χ0v) is 11.0. The van der Waals surface area contributed by atoms with Crippen LogP contribution in [0.3, 0.4) is 0 Å². The normalized spacial score (nSPS) is 21.2. The van der Waals surface area contributed by atoms with Crippen molar-refractivity contribution in [2.24, 2.45) is 0 Å². The molecular formula is C14H18N4O. The van der Waals surface area contributed by atoms with E-state index in [1.54, 1.807) is 0 Å². The summed E-state index contributed by atoms with van der Waals surface area (Å²) in [5.41, 5.74) is 2.14. The SMILES string of the molecule is CC(c1ccccn1)n1cncc1C1CNCCO1. The van der Waals surface area contributed by atoms with E-state index in [9.17, 15) is 0 Å². The van der Waals surface area contributed by atoms with E-state index in [4.69, 9.17) is 4.74 Å². The molecule has 1 fully saturated rings. The van der Waals surface area contributed by atoms with E-state index in [0.717, 1.165) is 31.1 Å². The van der Waals surface area contributed by atoms with Gasteiger partial charge in [-0.05, 0) is 19.1 Å². The van der Waals surface area contributed by atoms with Crippen LogP contribution in [0.1, 0.15) is 30.5 Å². The number of imidazole rings is 1. The van der Waals surface area contributed by atoms with Crippen LogP contribution in [0.2, 0.25) is 0 Å². The Bertz CT molecular complexity index is 519. The smallest absolute Gasteiger partial charge is 0.111 e. The van der Waals surface area contributed by atoms with Crippen molar-refractivity contribution in [1.29, 1.82) is 0 Å². The number of nitrogens with one attached hydrogen (secondary N) is 1. The third-order valence-electron chi connectivity index (χ3n) is 3.49. The molecule has 3 heterocycles. The predicted molar refractivity (Wildman–Crippen MR) is 71.8 cm³/mol. The Labute approximate surface area is 112 Å². The zero-order valence-electron chi connectivity index (χ0n) is 11.0. The molecule has 0 saturated carbocycles. The highest BCUT2D eigenvalue weighted by Gasteiger charge is 2.22. The van der Waals surface area contributed by atoms with Crippen molar-refractivity contribution < 1.29 is 4.74 Å². The monoisotopic (exact) mass is 258 g/mol. The molecule has 0 radical (unpaired) electrons. The fraction of sp³-hybridized carbons (Fsp3) is 0.429. The second-order valence-electron chi connectivity index (χ2n) is 4.72. The van der Waals surface area contributed by atoms with Gasteiger partial charge in [-0.1, -0.05) is 6.07 Å². The Morgan fingerprint density at radius 3 is 3.16 bits per heavy atom. The van der Waals surface area contributed by atoms with E-state index in [2.05, 4.69) is 26.8 Å². The van der Waals surface area contributed by atoms with Crippen LogP contribution in [0, 0.1) is 0 Å². The first kappa shape index (κ1) is 12.3. The summed E-state index contributed by atoms with van der Waals surface area (Å²) in [4.78, 5) is 8.69. The second kappa shape index (κ2) is 5.50. The molecule has 2 atom stereocenters. The van der Waals surface area contributed by atoms with Gasteiger partial charge >= 0.3 is 0 Å². The molecule has 1 N–H and O–H groups in total. The average Bonchev–Trinajstić information content (AvgIpc) is 2.98. The lowest BCUT2D eigenvalue weighted by Gasteiger charge is -2.26. The molecule has 2 aromatic heterocycles. The zero-order chi connectivity index (χ0) is 13.1. The molecule has 0 amide bonds. The molecule has 1 saturated heterocycles. The Kier molecular flexibility index (Phi) is 3.57. The lowest BCUT2D eigenvalue weighted by Crippen LogP contribution is -2.34. The van der Waals surface area contributed by atoms with Gasteiger partial charge in [-0.25, -0.2) is 4.98 Å². The fourth-order valence-corrected chi connectivity index (χ4v) is 2.41. The summed E-state index contributed by atoms with van der Waals surface area (Å²) in [7, 11) is 0. The average molecular weight is 258 g/mol. The fourth-order valence-electron chi connectivity index (χ4n) is 2.41. The predicted octanol–water partition coefficient (Wildman–Crippen LogP) is 1.55. The standard InChI is InChI=1S/C14H18N4O/c1-11(12-4-2-3-5-17-12)18-10-16-8-13(18)14-9-15-6-7-19-14/h2-5,8,10-11,14-15H,6-7,9H2,1H3. The molecule has 1 aliphatic rings. The lowest BCUT2D eigenvalue weighted by molar-refractivity contribution is 0.0224. The molecule has 100 valence electrons. The molecule has 5 heteroatoms. The van der Waals surface area contributed by atoms with Crippen molar-refractivity contribution in [2.75, 3.05) is 19.7 Å². The first-order valence-electron chi connectivity index (χ1n) is 6.61. The molecule has 19 heavy (non-hydrogen) atoms. The van der Waals surface area contributed by atoms with Crippen LogP contribution < -0.4 is 5.32 Å². The highest BCUT2D eigenvalue weighted by atomic mass is 16.5. The largest absolute Gasteiger partial charge is 0.369 e. The molecule has 0 aliphatic carbocycles. The van der Waals surface area contributed by atoms with E-state index < -0.39 is 0 Å². The van der Waals surface area contributed by atoms with Crippen molar-refractivity contribution in [3.63, 3.8) is 0 Å². The van der Waals surface area contributed by atoms with E-state index in [0.29, 0.717) is 0 Å². The van der Waals surface area contributed by atoms with Crippen LogP contribution in [0.5, 0.6) is 0 Å². The van der Waals surface area contributed by atoms with Crippen molar-refractivity contribution in [3.05, 3.63) is 48.3 Å². The third-order valence-corrected chi connectivity index (χ3v) is 3.49. The van der Waals surface area contributed by atoms with Crippen LogP contribution >= 0.6 is 0 Å². The van der Waals surface area contributed by atoms with E-state index in [-0.39, 0.29) is 12.1 Å². The Balaban J connectivity index is 1.87. The third kappa shape index (κ3) is 2.52. The van der Waals surface area contributed by atoms with Crippen LogP contribution in [-0.2, 0) is 4.74 Å². The van der Waals surface area contributed by atoms with Crippen LogP contribution in [0.25, 0.3) is 0 Å². The van der Waals surface area contributed by atoms with Gasteiger partial charge in [0.2, 0.25) is 0 Å². The van der Waals surface area contributed by atoms with Gasteiger partial charge in [0, 0.05) is 19.3 Å². The summed E-state index contributed by atoms with van der Waals surface area (Å²) < 4.78 is 7.94. The number of nitrogens with zero attached hydrogens (tertiary/aromatic N) is 3. The topological polar surface area (TPSA) is 52.0 Å². The number of hydrogen-bond acceptors (Lipinski definition) is 4.